The molecule has 1 aromatic heterocycles. The van der Waals surface area contributed by atoms with E-state index in [1.165, 1.54) is 6.42 Å². The van der Waals surface area contributed by atoms with Crippen LogP contribution >= 0.6 is 0 Å². The maximum Gasteiger partial charge on any atom is 0.103 e. The van der Waals surface area contributed by atoms with Gasteiger partial charge in [-0.2, -0.15) is 0 Å². The number of aromatic nitrogens is 2. The van der Waals surface area contributed by atoms with Gasteiger partial charge < -0.3 is 15.0 Å². The fraction of sp³-hybridized carbons (Fsp3) is 0.727. The van der Waals surface area contributed by atoms with Crippen molar-refractivity contribution in [2.75, 3.05) is 13.2 Å². The summed E-state index contributed by atoms with van der Waals surface area (Å²) in [7, 11) is 0. The van der Waals surface area contributed by atoms with Crippen LogP contribution in [-0.4, -0.2) is 29.2 Å². The quantitative estimate of drug-likeness (QED) is 0.784. The number of ether oxygens (including phenoxy) is 1. The monoisotopic (exact) mass is 209 g/mol. The molecule has 4 heteroatoms. The molecule has 1 aliphatic heterocycles. The molecule has 2 N–H and O–H groups in total. The zero-order chi connectivity index (χ0) is 10.7. The Bertz CT molecular complexity index is 311. The Labute approximate surface area is 90.4 Å². The number of imidazole rings is 1. The first-order chi connectivity index (χ1) is 7.25. The van der Waals surface area contributed by atoms with Crippen LogP contribution in [0.15, 0.2) is 6.20 Å². The summed E-state index contributed by atoms with van der Waals surface area (Å²) < 4.78 is 5.51. The predicted molar refractivity (Wildman–Crippen MR) is 58.6 cm³/mol. The zero-order valence-corrected chi connectivity index (χ0v) is 9.42. The normalized spacial score (nSPS) is 26.0. The van der Waals surface area contributed by atoms with Gasteiger partial charge in [-0.15, -0.1) is 0 Å². The fourth-order valence-electron chi connectivity index (χ4n) is 2.00. The van der Waals surface area contributed by atoms with E-state index >= 15 is 0 Å². The van der Waals surface area contributed by atoms with Gasteiger partial charge in [0.05, 0.1) is 6.10 Å². The maximum absolute atomic E-state index is 5.51. The van der Waals surface area contributed by atoms with Gasteiger partial charge in [0.15, 0.2) is 0 Å². The first kappa shape index (κ1) is 10.6. The Balaban J connectivity index is 1.70. The number of nitrogens with one attached hydrogen (secondary N) is 2. The molecule has 1 fully saturated rings. The van der Waals surface area contributed by atoms with Crippen LogP contribution in [0.5, 0.6) is 0 Å². The Hall–Kier alpha value is -0.870. The number of aromatic amines is 1. The lowest BCUT2D eigenvalue weighted by Crippen LogP contribution is -2.26. The minimum Gasteiger partial charge on any atom is -0.378 e. The Morgan fingerprint density at radius 1 is 1.67 bits per heavy atom. The standard InChI is InChI=1S/C11H19N3O/c1-8-10(3-4-15-8)5-12-6-11-7-13-9(2)14-11/h7-8,10,12H,3-6H2,1-2H3,(H,13,14). The van der Waals surface area contributed by atoms with Gasteiger partial charge in [-0.1, -0.05) is 0 Å². The number of rotatable bonds is 4. The van der Waals surface area contributed by atoms with Crippen molar-refractivity contribution in [3.63, 3.8) is 0 Å². The van der Waals surface area contributed by atoms with Crippen molar-refractivity contribution in [2.24, 2.45) is 5.92 Å². The molecule has 2 heterocycles. The molecule has 1 aromatic rings. The molecule has 1 saturated heterocycles. The largest absolute Gasteiger partial charge is 0.378 e. The molecular formula is C11H19N3O. The first-order valence-corrected chi connectivity index (χ1v) is 5.58. The molecule has 0 spiro atoms. The minimum absolute atomic E-state index is 0.404. The van der Waals surface area contributed by atoms with Gasteiger partial charge in [-0.3, -0.25) is 0 Å². The third kappa shape index (κ3) is 2.79. The van der Waals surface area contributed by atoms with Gasteiger partial charge in [0, 0.05) is 31.6 Å². The van der Waals surface area contributed by atoms with Crippen LogP contribution < -0.4 is 5.32 Å². The summed E-state index contributed by atoms with van der Waals surface area (Å²) in [4.78, 5) is 7.37. The molecular weight excluding hydrogens is 190 g/mol. The van der Waals surface area contributed by atoms with Crippen LogP contribution in [0.3, 0.4) is 0 Å². The number of nitrogens with zero attached hydrogens (tertiary/aromatic N) is 1. The third-order valence-corrected chi connectivity index (χ3v) is 3.01. The molecule has 2 unspecified atom stereocenters. The zero-order valence-electron chi connectivity index (χ0n) is 9.42. The van der Waals surface area contributed by atoms with E-state index in [4.69, 9.17) is 4.74 Å². The predicted octanol–water partition coefficient (Wildman–Crippen LogP) is 1.23. The number of hydrogen-bond acceptors (Lipinski definition) is 3. The van der Waals surface area contributed by atoms with Crippen molar-refractivity contribution in [1.29, 1.82) is 0 Å². The highest BCUT2D eigenvalue weighted by Crippen LogP contribution is 2.19. The van der Waals surface area contributed by atoms with Crippen molar-refractivity contribution < 1.29 is 4.74 Å². The maximum atomic E-state index is 5.51. The minimum atomic E-state index is 0.404. The van der Waals surface area contributed by atoms with E-state index in [0.717, 1.165) is 31.2 Å². The summed E-state index contributed by atoms with van der Waals surface area (Å²) in [5, 5.41) is 3.44. The summed E-state index contributed by atoms with van der Waals surface area (Å²) >= 11 is 0. The number of H-pyrrole nitrogens is 1. The molecule has 2 atom stereocenters. The van der Waals surface area contributed by atoms with Crippen molar-refractivity contribution in [1.82, 2.24) is 15.3 Å². The Kier molecular flexibility index (Phi) is 3.38. The number of hydrogen-bond donors (Lipinski definition) is 2. The summed E-state index contributed by atoms with van der Waals surface area (Å²) in [5.74, 6) is 1.64. The lowest BCUT2D eigenvalue weighted by atomic mass is 10.0. The van der Waals surface area contributed by atoms with Gasteiger partial charge in [-0.05, 0) is 26.2 Å². The molecule has 84 valence electrons. The molecule has 0 aliphatic carbocycles. The van der Waals surface area contributed by atoms with E-state index < -0.39 is 0 Å². The van der Waals surface area contributed by atoms with Gasteiger partial charge in [0.1, 0.15) is 5.82 Å². The van der Waals surface area contributed by atoms with Gasteiger partial charge in [-0.25, -0.2) is 4.98 Å². The van der Waals surface area contributed by atoms with Gasteiger partial charge in [0.25, 0.3) is 0 Å². The van der Waals surface area contributed by atoms with Gasteiger partial charge >= 0.3 is 0 Å². The van der Waals surface area contributed by atoms with E-state index in [0.29, 0.717) is 12.0 Å². The van der Waals surface area contributed by atoms with Crippen molar-refractivity contribution in [3.05, 3.63) is 17.7 Å². The van der Waals surface area contributed by atoms with Crippen LogP contribution in [0, 0.1) is 12.8 Å². The molecule has 0 bridgehead atoms. The van der Waals surface area contributed by atoms with Crippen LogP contribution in [-0.2, 0) is 11.3 Å². The molecule has 2 rings (SSSR count). The average Bonchev–Trinajstić information content (AvgIpc) is 2.77. The van der Waals surface area contributed by atoms with E-state index in [1.54, 1.807) is 0 Å². The van der Waals surface area contributed by atoms with E-state index in [-0.39, 0.29) is 0 Å². The molecule has 15 heavy (non-hydrogen) atoms. The van der Waals surface area contributed by atoms with Crippen LogP contribution in [0.4, 0.5) is 0 Å². The molecule has 1 aliphatic rings. The van der Waals surface area contributed by atoms with E-state index in [1.807, 2.05) is 13.1 Å². The topological polar surface area (TPSA) is 49.9 Å². The summed E-state index contributed by atoms with van der Waals surface area (Å²) in [6, 6.07) is 0. The highest BCUT2D eigenvalue weighted by atomic mass is 16.5. The van der Waals surface area contributed by atoms with Crippen LogP contribution in [0.2, 0.25) is 0 Å². The Morgan fingerprint density at radius 2 is 2.53 bits per heavy atom. The fourth-order valence-corrected chi connectivity index (χ4v) is 2.00. The molecule has 0 radical (unpaired) electrons. The molecule has 0 amide bonds. The van der Waals surface area contributed by atoms with Crippen molar-refractivity contribution in [2.45, 2.75) is 32.9 Å². The van der Waals surface area contributed by atoms with Crippen molar-refractivity contribution >= 4 is 0 Å². The second kappa shape index (κ2) is 4.77. The highest BCUT2D eigenvalue weighted by Gasteiger charge is 2.23. The summed E-state index contributed by atoms with van der Waals surface area (Å²) in [6.45, 7) is 6.93. The summed E-state index contributed by atoms with van der Waals surface area (Å²) in [6.07, 6.45) is 3.47. The lowest BCUT2D eigenvalue weighted by Gasteiger charge is -2.14. The second-order valence-corrected chi connectivity index (χ2v) is 4.25. The van der Waals surface area contributed by atoms with E-state index in [9.17, 15) is 0 Å². The first-order valence-electron chi connectivity index (χ1n) is 5.58. The highest BCUT2D eigenvalue weighted by molar-refractivity contribution is 4.99. The van der Waals surface area contributed by atoms with Gasteiger partial charge in [0.2, 0.25) is 0 Å². The molecule has 0 saturated carbocycles. The molecule has 0 aromatic carbocycles. The third-order valence-electron chi connectivity index (χ3n) is 3.01. The average molecular weight is 209 g/mol. The molecule has 4 nitrogen and oxygen atoms in total. The van der Waals surface area contributed by atoms with Crippen LogP contribution in [0.25, 0.3) is 0 Å². The van der Waals surface area contributed by atoms with Crippen molar-refractivity contribution in [3.8, 4) is 0 Å². The Morgan fingerprint density at radius 3 is 3.13 bits per heavy atom. The van der Waals surface area contributed by atoms with Crippen LogP contribution in [0.1, 0.15) is 24.9 Å². The summed E-state index contributed by atoms with van der Waals surface area (Å²) in [5.41, 5.74) is 1.15. The smallest absolute Gasteiger partial charge is 0.103 e. The second-order valence-electron chi connectivity index (χ2n) is 4.25. The van der Waals surface area contributed by atoms with E-state index in [2.05, 4.69) is 22.2 Å². The number of aryl methyl sites for hydroxylation is 1. The SMILES string of the molecule is Cc1ncc(CNCC2CCOC2C)[nH]1. The lowest BCUT2D eigenvalue weighted by molar-refractivity contribution is 0.105.